The molecule has 0 spiro atoms. The van der Waals surface area contributed by atoms with E-state index in [-0.39, 0.29) is 0 Å². The molecule has 0 radical (unpaired) electrons. The van der Waals surface area contributed by atoms with Crippen molar-refractivity contribution in [1.82, 2.24) is 9.88 Å². The van der Waals surface area contributed by atoms with Gasteiger partial charge in [-0.3, -0.25) is 4.79 Å². The van der Waals surface area contributed by atoms with Crippen molar-refractivity contribution in [2.75, 3.05) is 13.7 Å². The van der Waals surface area contributed by atoms with Crippen LogP contribution >= 0.6 is 0 Å². The zero-order chi connectivity index (χ0) is 12.7. The maximum Gasteiger partial charge on any atom is 0.214 e. The van der Waals surface area contributed by atoms with Gasteiger partial charge in [0.2, 0.25) is 6.41 Å². The van der Waals surface area contributed by atoms with Gasteiger partial charge in [0, 0.05) is 17.4 Å². The number of nitrogens with one attached hydrogen (secondary N) is 1. The molecule has 1 N–H and O–H groups in total. The number of methoxy groups -OCH3 is 1. The second kappa shape index (κ2) is 3.91. The summed E-state index contributed by atoms with van der Waals surface area (Å²) < 4.78 is 5.25. The summed E-state index contributed by atoms with van der Waals surface area (Å²) in [5.74, 6) is 0.840. The van der Waals surface area contributed by atoms with Crippen molar-refractivity contribution in [3.8, 4) is 5.75 Å². The molecule has 1 aromatic carbocycles. The molecular weight excluding hydrogens is 228 g/mol. The number of nitrogens with zero attached hydrogens (tertiary/aromatic N) is 1. The Balaban J connectivity index is 2.20. The highest BCUT2D eigenvalue weighted by Crippen LogP contribution is 2.33. The molecule has 1 aliphatic heterocycles. The van der Waals surface area contributed by atoms with E-state index in [4.69, 9.17) is 4.74 Å². The summed E-state index contributed by atoms with van der Waals surface area (Å²) >= 11 is 0. The first-order valence-electron chi connectivity index (χ1n) is 5.84. The van der Waals surface area contributed by atoms with Gasteiger partial charge >= 0.3 is 0 Å². The van der Waals surface area contributed by atoms with E-state index in [0.29, 0.717) is 6.54 Å². The molecule has 0 saturated carbocycles. The first-order valence-corrected chi connectivity index (χ1v) is 5.84. The molecule has 18 heavy (non-hydrogen) atoms. The zero-order valence-electron chi connectivity index (χ0n) is 10.2. The summed E-state index contributed by atoms with van der Waals surface area (Å²) in [5, 5.41) is 1.15. The number of aromatic amines is 1. The van der Waals surface area contributed by atoms with Gasteiger partial charge in [0.05, 0.1) is 18.5 Å². The van der Waals surface area contributed by atoms with Crippen molar-refractivity contribution in [1.29, 1.82) is 0 Å². The molecule has 0 bridgehead atoms. The Morgan fingerprint density at radius 2 is 2.33 bits per heavy atom. The summed E-state index contributed by atoms with van der Waals surface area (Å²) in [6, 6.07) is 5.93. The summed E-state index contributed by atoms with van der Waals surface area (Å²) in [7, 11) is 1.66. The van der Waals surface area contributed by atoms with Crippen LogP contribution in [-0.4, -0.2) is 29.9 Å². The molecule has 0 aliphatic carbocycles. The minimum atomic E-state index is 0.680. The van der Waals surface area contributed by atoms with Crippen molar-refractivity contribution in [2.45, 2.75) is 6.42 Å². The molecular formula is C14H14N2O2. The van der Waals surface area contributed by atoms with Crippen LogP contribution in [0.1, 0.15) is 11.3 Å². The highest BCUT2D eigenvalue weighted by Gasteiger charge is 2.23. The Labute approximate surface area is 105 Å². The van der Waals surface area contributed by atoms with Gasteiger partial charge in [-0.1, -0.05) is 6.58 Å². The molecule has 2 heterocycles. The van der Waals surface area contributed by atoms with Gasteiger partial charge < -0.3 is 14.6 Å². The highest BCUT2D eigenvalue weighted by atomic mass is 16.5. The molecule has 3 rings (SSSR count). The molecule has 4 heteroatoms. The molecule has 1 aromatic heterocycles. The topological polar surface area (TPSA) is 45.3 Å². The SMILES string of the molecule is C=C1c2[nH]c3ccc(OC)cc3c2CCN1C=O. The second-order valence-electron chi connectivity index (χ2n) is 4.39. The van der Waals surface area contributed by atoms with E-state index in [1.54, 1.807) is 12.0 Å². The zero-order valence-corrected chi connectivity index (χ0v) is 10.2. The largest absolute Gasteiger partial charge is 0.497 e. The average molecular weight is 242 g/mol. The van der Waals surface area contributed by atoms with Crippen molar-refractivity contribution >= 4 is 23.0 Å². The predicted octanol–water partition coefficient (Wildman–Crippen LogP) is 2.16. The lowest BCUT2D eigenvalue weighted by atomic mass is 10.0. The van der Waals surface area contributed by atoms with E-state index in [1.165, 1.54) is 5.56 Å². The van der Waals surface area contributed by atoms with Crippen LogP contribution in [0, 0.1) is 0 Å². The molecule has 2 aromatic rings. The van der Waals surface area contributed by atoms with E-state index in [1.807, 2.05) is 18.2 Å². The quantitative estimate of drug-likeness (QED) is 0.820. The van der Waals surface area contributed by atoms with Crippen LogP contribution in [0.25, 0.3) is 16.6 Å². The normalized spacial score (nSPS) is 14.7. The van der Waals surface area contributed by atoms with Crippen LogP contribution in [0.5, 0.6) is 5.75 Å². The van der Waals surface area contributed by atoms with Gasteiger partial charge in [-0.25, -0.2) is 0 Å². The number of fused-ring (bicyclic) bond motifs is 3. The molecule has 0 atom stereocenters. The lowest BCUT2D eigenvalue weighted by Crippen LogP contribution is -2.27. The summed E-state index contributed by atoms with van der Waals surface area (Å²) in [4.78, 5) is 15.9. The monoisotopic (exact) mass is 242 g/mol. The summed E-state index contributed by atoms with van der Waals surface area (Å²) in [6.45, 7) is 4.66. The lowest BCUT2D eigenvalue weighted by molar-refractivity contribution is -0.115. The number of hydrogen-bond donors (Lipinski definition) is 1. The molecule has 1 aliphatic rings. The Kier molecular flexibility index (Phi) is 2.37. The van der Waals surface area contributed by atoms with Crippen LogP contribution < -0.4 is 4.74 Å². The molecule has 4 nitrogen and oxygen atoms in total. The van der Waals surface area contributed by atoms with Gasteiger partial charge in [-0.2, -0.15) is 0 Å². The maximum atomic E-state index is 10.9. The first-order chi connectivity index (χ1) is 8.74. The average Bonchev–Trinajstić information content (AvgIpc) is 2.78. The minimum absolute atomic E-state index is 0.680. The van der Waals surface area contributed by atoms with Gasteiger partial charge in [-0.15, -0.1) is 0 Å². The van der Waals surface area contributed by atoms with E-state index in [2.05, 4.69) is 11.6 Å². The maximum absolute atomic E-state index is 10.9. The first kappa shape index (κ1) is 10.9. The number of H-pyrrole nitrogens is 1. The Bertz CT molecular complexity index is 643. The fourth-order valence-electron chi connectivity index (χ4n) is 2.49. The lowest BCUT2D eigenvalue weighted by Gasteiger charge is -2.25. The summed E-state index contributed by atoms with van der Waals surface area (Å²) in [6.07, 6.45) is 1.66. The van der Waals surface area contributed by atoms with Crippen molar-refractivity contribution in [2.24, 2.45) is 0 Å². The van der Waals surface area contributed by atoms with E-state index in [9.17, 15) is 4.79 Å². The molecule has 1 amide bonds. The van der Waals surface area contributed by atoms with E-state index >= 15 is 0 Å². The molecule has 0 unspecified atom stereocenters. The third kappa shape index (κ3) is 1.42. The molecule has 0 fully saturated rings. The number of benzene rings is 1. The Morgan fingerprint density at radius 3 is 3.06 bits per heavy atom. The Morgan fingerprint density at radius 1 is 1.50 bits per heavy atom. The van der Waals surface area contributed by atoms with E-state index < -0.39 is 0 Å². The van der Waals surface area contributed by atoms with Gasteiger partial charge in [0.1, 0.15) is 5.75 Å². The fraction of sp³-hybridized carbons (Fsp3) is 0.214. The second-order valence-corrected chi connectivity index (χ2v) is 4.39. The number of aromatic nitrogens is 1. The van der Waals surface area contributed by atoms with Crippen LogP contribution in [0.4, 0.5) is 0 Å². The smallest absolute Gasteiger partial charge is 0.214 e. The third-order valence-corrected chi connectivity index (χ3v) is 3.48. The van der Waals surface area contributed by atoms with Crippen molar-refractivity contribution in [3.05, 3.63) is 36.0 Å². The standard InChI is InChI=1S/C14H14N2O2/c1-9-14-11(5-6-16(9)8-17)12-7-10(18-2)3-4-13(12)15-14/h3-4,7-8,15H,1,5-6H2,2H3. The molecule has 0 saturated heterocycles. The van der Waals surface area contributed by atoms with Crippen LogP contribution in [0.3, 0.4) is 0 Å². The van der Waals surface area contributed by atoms with Crippen molar-refractivity contribution < 1.29 is 9.53 Å². The van der Waals surface area contributed by atoms with Crippen molar-refractivity contribution in [3.63, 3.8) is 0 Å². The number of carbonyl (C=O) groups is 1. The Hall–Kier alpha value is -2.23. The van der Waals surface area contributed by atoms with Crippen LogP contribution in [-0.2, 0) is 11.2 Å². The van der Waals surface area contributed by atoms with E-state index in [0.717, 1.165) is 40.9 Å². The van der Waals surface area contributed by atoms with Gasteiger partial charge in [-0.05, 0) is 30.2 Å². The number of carbonyl (C=O) groups excluding carboxylic acids is 1. The highest BCUT2D eigenvalue weighted by molar-refractivity contribution is 5.91. The number of amides is 1. The fourth-order valence-corrected chi connectivity index (χ4v) is 2.49. The predicted molar refractivity (Wildman–Crippen MR) is 70.4 cm³/mol. The number of rotatable bonds is 2. The van der Waals surface area contributed by atoms with Crippen LogP contribution in [0.15, 0.2) is 24.8 Å². The third-order valence-electron chi connectivity index (χ3n) is 3.48. The molecule has 92 valence electrons. The number of hydrogen-bond acceptors (Lipinski definition) is 2. The minimum Gasteiger partial charge on any atom is -0.497 e. The van der Waals surface area contributed by atoms with Gasteiger partial charge in [0.15, 0.2) is 0 Å². The summed E-state index contributed by atoms with van der Waals surface area (Å²) in [5.41, 5.74) is 3.96. The van der Waals surface area contributed by atoms with Gasteiger partial charge in [0.25, 0.3) is 0 Å². The van der Waals surface area contributed by atoms with Crippen LogP contribution in [0.2, 0.25) is 0 Å². The number of ether oxygens (including phenoxy) is 1.